The van der Waals surface area contributed by atoms with Gasteiger partial charge in [0.05, 0.1) is 13.2 Å². The van der Waals surface area contributed by atoms with Crippen molar-refractivity contribution in [2.24, 2.45) is 0 Å². The van der Waals surface area contributed by atoms with E-state index in [4.69, 9.17) is 4.74 Å². The minimum Gasteiger partial charge on any atom is -0.493 e. The van der Waals surface area contributed by atoms with Crippen LogP contribution < -0.4 is 9.47 Å². The maximum Gasteiger partial charge on any atom is 0.387 e. The maximum atomic E-state index is 12.8. The topological polar surface area (TPSA) is 38.8 Å². The second kappa shape index (κ2) is 7.09. The molecule has 0 saturated carbocycles. The highest BCUT2D eigenvalue weighted by Gasteiger charge is 2.29. The summed E-state index contributed by atoms with van der Waals surface area (Å²) in [6, 6.07) is 12.3. The van der Waals surface area contributed by atoms with Gasteiger partial charge in [0.25, 0.3) is 5.91 Å². The van der Waals surface area contributed by atoms with E-state index in [1.54, 1.807) is 11.9 Å². The van der Waals surface area contributed by atoms with E-state index in [2.05, 4.69) is 10.8 Å². The molecular formula is C19H19F2NO3. The number of fused-ring (bicyclic) bond motifs is 1. The fraction of sp³-hybridized carbons (Fsp3) is 0.316. The van der Waals surface area contributed by atoms with Crippen LogP contribution in [0.25, 0.3) is 0 Å². The van der Waals surface area contributed by atoms with Gasteiger partial charge in [0.1, 0.15) is 0 Å². The van der Waals surface area contributed by atoms with Gasteiger partial charge < -0.3 is 14.4 Å². The zero-order valence-electron chi connectivity index (χ0n) is 14.0. The fourth-order valence-electron chi connectivity index (χ4n) is 3.28. The Morgan fingerprint density at radius 1 is 1.20 bits per heavy atom. The van der Waals surface area contributed by atoms with Crippen LogP contribution in [0.4, 0.5) is 8.78 Å². The summed E-state index contributed by atoms with van der Waals surface area (Å²) in [6.07, 6.45) is 1.80. The Hall–Kier alpha value is -2.63. The molecule has 0 bridgehead atoms. The van der Waals surface area contributed by atoms with Gasteiger partial charge in [-0.05, 0) is 42.2 Å². The largest absolute Gasteiger partial charge is 0.493 e. The van der Waals surface area contributed by atoms with Crippen molar-refractivity contribution in [2.45, 2.75) is 25.5 Å². The second-order valence-corrected chi connectivity index (χ2v) is 5.91. The molecule has 0 aliphatic heterocycles. The summed E-state index contributed by atoms with van der Waals surface area (Å²) in [5, 5.41) is 0. The van der Waals surface area contributed by atoms with Crippen LogP contribution in [0.2, 0.25) is 0 Å². The van der Waals surface area contributed by atoms with Gasteiger partial charge in [-0.25, -0.2) is 0 Å². The Morgan fingerprint density at radius 3 is 2.68 bits per heavy atom. The minimum absolute atomic E-state index is 0.00619. The Balaban J connectivity index is 1.83. The number of ether oxygens (including phenoxy) is 2. The number of nitrogens with zero attached hydrogens (tertiary/aromatic N) is 1. The van der Waals surface area contributed by atoms with Gasteiger partial charge in [-0.2, -0.15) is 8.78 Å². The lowest BCUT2D eigenvalue weighted by Gasteiger charge is -2.26. The molecule has 2 aromatic rings. The maximum absolute atomic E-state index is 12.8. The van der Waals surface area contributed by atoms with Crippen molar-refractivity contribution in [3.8, 4) is 11.5 Å². The number of aryl methyl sites for hydroxylation is 1. The highest BCUT2D eigenvalue weighted by molar-refractivity contribution is 5.95. The normalized spacial score (nSPS) is 15.8. The summed E-state index contributed by atoms with van der Waals surface area (Å²) in [5.41, 5.74) is 2.78. The molecule has 0 aromatic heterocycles. The molecule has 0 heterocycles. The third-order valence-corrected chi connectivity index (χ3v) is 4.52. The van der Waals surface area contributed by atoms with Crippen LogP contribution in [0.15, 0.2) is 42.5 Å². The molecule has 2 aromatic carbocycles. The molecule has 6 heteroatoms. The van der Waals surface area contributed by atoms with Crippen LogP contribution in [-0.2, 0) is 6.42 Å². The number of halogens is 2. The van der Waals surface area contributed by atoms with Crippen molar-refractivity contribution in [1.82, 2.24) is 4.90 Å². The molecular weight excluding hydrogens is 328 g/mol. The summed E-state index contributed by atoms with van der Waals surface area (Å²) in [5.74, 6) is -0.183. The van der Waals surface area contributed by atoms with Gasteiger partial charge in [-0.3, -0.25) is 4.79 Å². The lowest BCUT2D eigenvalue weighted by Crippen LogP contribution is -2.30. The van der Waals surface area contributed by atoms with Gasteiger partial charge in [0.2, 0.25) is 0 Å². The smallest absolute Gasteiger partial charge is 0.387 e. The molecule has 132 valence electrons. The number of rotatable bonds is 5. The highest BCUT2D eigenvalue weighted by atomic mass is 19.3. The number of benzene rings is 2. The number of carbonyl (C=O) groups excluding carboxylic acids is 1. The number of alkyl halides is 2. The van der Waals surface area contributed by atoms with E-state index in [-0.39, 0.29) is 23.4 Å². The predicted octanol–water partition coefficient (Wildman–Crippen LogP) is 4.06. The first-order chi connectivity index (χ1) is 12.0. The van der Waals surface area contributed by atoms with E-state index in [9.17, 15) is 13.6 Å². The van der Waals surface area contributed by atoms with Crippen LogP contribution in [-0.4, -0.2) is 31.6 Å². The first kappa shape index (κ1) is 17.2. The molecule has 1 aliphatic carbocycles. The number of hydrogen-bond donors (Lipinski definition) is 0. The van der Waals surface area contributed by atoms with E-state index in [1.807, 2.05) is 18.2 Å². The van der Waals surface area contributed by atoms with Crippen LogP contribution in [0.5, 0.6) is 11.5 Å². The average molecular weight is 347 g/mol. The molecule has 0 radical (unpaired) electrons. The fourth-order valence-corrected chi connectivity index (χ4v) is 3.28. The quantitative estimate of drug-likeness (QED) is 0.819. The minimum atomic E-state index is -2.95. The van der Waals surface area contributed by atoms with Gasteiger partial charge in [-0.15, -0.1) is 0 Å². The third kappa shape index (κ3) is 3.43. The molecule has 1 unspecified atom stereocenters. The molecule has 1 amide bonds. The van der Waals surface area contributed by atoms with Crippen molar-refractivity contribution in [3.05, 3.63) is 59.2 Å². The summed E-state index contributed by atoms with van der Waals surface area (Å²) in [6.45, 7) is -2.95. The molecule has 3 rings (SSSR count). The second-order valence-electron chi connectivity index (χ2n) is 5.91. The standard InChI is InChI=1S/C19H19F2NO3/c1-22(15-9-7-12-5-3-4-6-14(12)15)18(23)13-8-10-16(25-19(20)21)17(11-13)24-2/h3-6,8,10-11,15,19H,7,9H2,1-2H3. The molecule has 0 saturated heterocycles. The molecule has 1 atom stereocenters. The monoisotopic (exact) mass is 347 g/mol. The molecule has 0 spiro atoms. The van der Waals surface area contributed by atoms with Crippen LogP contribution in [0.3, 0.4) is 0 Å². The Kier molecular flexibility index (Phi) is 4.88. The molecule has 0 fully saturated rings. The van der Waals surface area contributed by atoms with Crippen molar-refractivity contribution in [2.75, 3.05) is 14.2 Å². The third-order valence-electron chi connectivity index (χ3n) is 4.52. The average Bonchev–Trinajstić information content (AvgIpc) is 3.04. The highest BCUT2D eigenvalue weighted by Crippen LogP contribution is 2.36. The van der Waals surface area contributed by atoms with Crippen molar-refractivity contribution >= 4 is 5.91 Å². The molecule has 25 heavy (non-hydrogen) atoms. The summed E-state index contributed by atoms with van der Waals surface area (Å²) >= 11 is 0. The van der Waals surface area contributed by atoms with Gasteiger partial charge >= 0.3 is 6.61 Å². The van der Waals surface area contributed by atoms with E-state index < -0.39 is 6.61 Å². The van der Waals surface area contributed by atoms with Crippen LogP contribution >= 0.6 is 0 Å². The first-order valence-electron chi connectivity index (χ1n) is 7.99. The lowest BCUT2D eigenvalue weighted by atomic mass is 10.1. The van der Waals surface area contributed by atoms with E-state index in [0.29, 0.717) is 5.56 Å². The van der Waals surface area contributed by atoms with Gasteiger partial charge in [0.15, 0.2) is 11.5 Å². The Labute approximate surface area is 145 Å². The number of carbonyl (C=O) groups is 1. The van der Waals surface area contributed by atoms with Gasteiger partial charge in [0, 0.05) is 12.6 Å². The zero-order chi connectivity index (χ0) is 18.0. The molecule has 1 aliphatic rings. The van der Waals surface area contributed by atoms with E-state index >= 15 is 0 Å². The van der Waals surface area contributed by atoms with E-state index in [1.165, 1.54) is 30.9 Å². The summed E-state index contributed by atoms with van der Waals surface area (Å²) < 4.78 is 34.3. The molecule has 0 N–H and O–H groups in total. The van der Waals surface area contributed by atoms with Crippen LogP contribution in [0.1, 0.15) is 33.9 Å². The van der Waals surface area contributed by atoms with E-state index in [0.717, 1.165) is 18.4 Å². The number of methoxy groups -OCH3 is 1. The zero-order valence-corrected chi connectivity index (χ0v) is 14.0. The first-order valence-corrected chi connectivity index (χ1v) is 7.99. The van der Waals surface area contributed by atoms with Gasteiger partial charge in [-0.1, -0.05) is 24.3 Å². The number of amides is 1. The predicted molar refractivity (Wildman–Crippen MR) is 89.2 cm³/mol. The number of hydrogen-bond acceptors (Lipinski definition) is 3. The van der Waals surface area contributed by atoms with Crippen molar-refractivity contribution in [3.63, 3.8) is 0 Å². The van der Waals surface area contributed by atoms with Crippen molar-refractivity contribution < 1.29 is 23.0 Å². The summed E-state index contributed by atoms with van der Waals surface area (Å²) in [7, 11) is 3.10. The summed E-state index contributed by atoms with van der Waals surface area (Å²) in [4.78, 5) is 14.5. The van der Waals surface area contributed by atoms with Crippen LogP contribution in [0, 0.1) is 0 Å². The Bertz CT molecular complexity index is 779. The Morgan fingerprint density at radius 2 is 1.96 bits per heavy atom. The molecule has 4 nitrogen and oxygen atoms in total. The SMILES string of the molecule is COc1cc(C(=O)N(C)C2CCc3ccccc32)ccc1OC(F)F. The lowest BCUT2D eigenvalue weighted by molar-refractivity contribution is -0.0512. The van der Waals surface area contributed by atoms with Crippen molar-refractivity contribution in [1.29, 1.82) is 0 Å².